The van der Waals surface area contributed by atoms with E-state index < -0.39 is 6.10 Å². The van der Waals surface area contributed by atoms with Crippen molar-refractivity contribution in [2.45, 2.75) is 51.4 Å². The Labute approximate surface area is 149 Å². The molecule has 0 radical (unpaired) electrons. The summed E-state index contributed by atoms with van der Waals surface area (Å²) in [6, 6.07) is 2.02. The first-order valence-electron chi connectivity index (χ1n) is 9.09. The molecule has 0 spiro atoms. The fraction of sp³-hybridized carbons (Fsp3) is 0.722. The fourth-order valence-electron chi connectivity index (χ4n) is 3.24. The number of carbonyl (C=O) groups excluding carboxylic acids is 1. The van der Waals surface area contributed by atoms with Gasteiger partial charge in [-0.25, -0.2) is 0 Å². The lowest BCUT2D eigenvalue weighted by Gasteiger charge is -2.31. The molecule has 1 aromatic rings. The van der Waals surface area contributed by atoms with Crippen LogP contribution in [0.5, 0.6) is 0 Å². The van der Waals surface area contributed by atoms with Crippen molar-refractivity contribution in [3.05, 3.63) is 17.3 Å². The summed E-state index contributed by atoms with van der Waals surface area (Å²) in [5, 5.41) is 8.51. The van der Waals surface area contributed by atoms with Gasteiger partial charge in [0.2, 0.25) is 0 Å². The zero-order valence-electron chi connectivity index (χ0n) is 15.4. The molecule has 2 atom stereocenters. The molecule has 7 nitrogen and oxygen atoms in total. The van der Waals surface area contributed by atoms with Crippen LogP contribution in [0.15, 0.2) is 6.07 Å². The smallest absolute Gasteiger partial charge is 0.251 e. The van der Waals surface area contributed by atoms with Crippen molar-refractivity contribution in [3.8, 4) is 0 Å². The summed E-state index contributed by atoms with van der Waals surface area (Å²) in [4.78, 5) is 16.5. The Morgan fingerprint density at radius 2 is 2.28 bits per heavy atom. The average Bonchev–Trinajstić information content (AvgIpc) is 2.65. The number of fused-ring (bicyclic) bond motifs is 1. The van der Waals surface area contributed by atoms with Crippen LogP contribution in [0.1, 0.15) is 37.4 Å². The van der Waals surface area contributed by atoms with Crippen molar-refractivity contribution >= 4 is 11.7 Å². The van der Waals surface area contributed by atoms with Crippen molar-refractivity contribution < 1.29 is 14.3 Å². The lowest BCUT2D eigenvalue weighted by Crippen LogP contribution is -2.43. The summed E-state index contributed by atoms with van der Waals surface area (Å²) in [7, 11) is 3.87. The molecule has 3 heterocycles. The molecule has 7 heteroatoms. The fourth-order valence-corrected chi connectivity index (χ4v) is 3.24. The number of hydrogen-bond donors (Lipinski definition) is 0. The zero-order chi connectivity index (χ0) is 17.8. The van der Waals surface area contributed by atoms with Crippen molar-refractivity contribution in [2.75, 3.05) is 38.8 Å². The Morgan fingerprint density at radius 1 is 1.44 bits per heavy atom. The number of nitrogens with zero attached hydrogens (tertiary/aromatic N) is 4. The van der Waals surface area contributed by atoms with Gasteiger partial charge in [-0.05, 0) is 37.8 Å². The van der Waals surface area contributed by atoms with Crippen molar-refractivity contribution in [3.63, 3.8) is 0 Å². The van der Waals surface area contributed by atoms with E-state index in [-0.39, 0.29) is 12.0 Å². The van der Waals surface area contributed by atoms with Crippen molar-refractivity contribution in [1.82, 2.24) is 15.1 Å². The third-order valence-electron chi connectivity index (χ3n) is 4.85. The second-order valence-electron chi connectivity index (χ2n) is 7.04. The molecule has 3 rings (SSSR count). The van der Waals surface area contributed by atoms with E-state index in [1.54, 1.807) is 0 Å². The Kier molecular flexibility index (Phi) is 5.86. The van der Waals surface area contributed by atoms with Gasteiger partial charge in [0.05, 0.1) is 18.4 Å². The molecule has 0 bridgehead atoms. The maximum Gasteiger partial charge on any atom is 0.251 e. The number of hydrogen-bond acceptors (Lipinski definition) is 6. The third-order valence-corrected chi connectivity index (χ3v) is 4.85. The molecule has 25 heavy (non-hydrogen) atoms. The number of ether oxygens (including phenoxy) is 2. The summed E-state index contributed by atoms with van der Waals surface area (Å²) in [5.41, 5.74) is 2.06. The van der Waals surface area contributed by atoms with Crippen LogP contribution in [0.25, 0.3) is 0 Å². The Bertz CT molecular complexity index is 602. The molecule has 0 N–H and O–H groups in total. The highest BCUT2D eigenvalue weighted by Crippen LogP contribution is 2.21. The van der Waals surface area contributed by atoms with E-state index in [9.17, 15) is 4.79 Å². The molecule has 1 saturated heterocycles. The van der Waals surface area contributed by atoms with Gasteiger partial charge in [0, 0.05) is 40.2 Å². The van der Waals surface area contributed by atoms with E-state index in [1.165, 1.54) is 6.42 Å². The van der Waals surface area contributed by atoms with Gasteiger partial charge in [-0.2, -0.15) is 5.10 Å². The van der Waals surface area contributed by atoms with Crippen LogP contribution in [-0.2, 0) is 27.2 Å². The van der Waals surface area contributed by atoms with E-state index in [0.29, 0.717) is 19.7 Å². The summed E-state index contributed by atoms with van der Waals surface area (Å²) < 4.78 is 11.5. The minimum Gasteiger partial charge on any atom is -0.376 e. The van der Waals surface area contributed by atoms with Gasteiger partial charge < -0.3 is 19.3 Å². The zero-order valence-corrected chi connectivity index (χ0v) is 15.4. The molecular weight excluding hydrogens is 320 g/mol. The minimum atomic E-state index is -0.449. The maximum atomic E-state index is 12.7. The van der Waals surface area contributed by atoms with Gasteiger partial charge in [-0.15, -0.1) is 5.10 Å². The quantitative estimate of drug-likeness (QED) is 0.801. The second kappa shape index (κ2) is 8.10. The van der Waals surface area contributed by atoms with Crippen LogP contribution in [0.4, 0.5) is 5.82 Å². The van der Waals surface area contributed by atoms with Gasteiger partial charge in [-0.1, -0.05) is 0 Å². The van der Waals surface area contributed by atoms with E-state index in [0.717, 1.165) is 42.9 Å². The van der Waals surface area contributed by atoms with Gasteiger partial charge in [0.1, 0.15) is 6.10 Å². The Hall–Kier alpha value is -1.73. The number of rotatable bonds is 5. The van der Waals surface area contributed by atoms with Gasteiger partial charge in [0.15, 0.2) is 5.82 Å². The lowest BCUT2D eigenvalue weighted by molar-refractivity contribution is -0.147. The summed E-state index contributed by atoms with van der Waals surface area (Å²) >= 11 is 0. The average molecular weight is 348 g/mol. The van der Waals surface area contributed by atoms with Crippen LogP contribution < -0.4 is 4.90 Å². The molecule has 2 aliphatic rings. The highest BCUT2D eigenvalue weighted by atomic mass is 16.5. The first-order valence-corrected chi connectivity index (χ1v) is 9.09. The van der Waals surface area contributed by atoms with Crippen LogP contribution in [0.3, 0.4) is 0 Å². The number of amides is 1. The third kappa shape index (κ3) is 4.46. The number of aromatic nitrogens is 2. The number of anilines is 1. The van der Waals surface area contributed by atoms with E-state index in [2.05, 4.69) is 10.2 Å². The maximum absolute atomic E-state index is 12.7. The SMILES string of the molecule is C[C@H](OC[C@H]1CCCCO1)C(=O)N1CCc2nnc(N(C)C)cc2C1. The highest BCUT2D eigenvalue weighted by Gasteiger charge is 2.27. The molecule has 0 unspecified atom stereocenters. The molecular formula is C18H28N4O3. The van der Waals surface area contributed by atoms with Crippen LogP contribution in [0, 0.1) is 0 Å². The largest absolute Gasteiger partial charge is 0.376 e. The van der Waals surface area contributed by atoms with Gasteiger partial charge in [-0.3, -0.25) is 4.79 Å². The van der Waals surface area contributed by atoms with Crippen molar-refractivity contribution in [1.29, 1.82) is 0 Å². The second-order valence-corrected chi connectivity index (χ2v) is 7.04. The standard InChI is InChI=1S/C18H28N4O3/c1-13(25-12-15-6-4-5-9-24-15)18(23)22-8-7-16-14(11-22)10-17(20-19-16)21(2)3/h10,13,15H,4-9,11-12H2,1-3H3/t13-,15+/m0/s1. The van der Waals surface area contributed by atoms with Crippen LogP contribution in [0.2, 0.25) is 0 Å². The lowest BCUT2D eigenvalue weighted by atomic mass is 10.1. The van der Waals surface area contributed by atoms with Gasteiger partial charge in [0.25, 0.3) is 5.91 Å². The topological polar surface area (TPSA) is 67.8 Å². The normalized spacial score (nSPS) is 21.6. The molecule has 0 saturated carbocycles. The minimum absolute atomic E-state index is 0.0321. The molecule has 138 valence electrons. The molecule has 0 aliphatic carbocycles. The van der Waals surface area contributed by atoms with Crippen LogP contribution >= 0.6 is 0 Å². The molecule has 1 fully saturated rings. The van der Waals surface area contributed by atoms with Crippen molar-refractivity contribution in [2.24, 2.45) is 0 Å². The monoisotopic (exact) mass is 348 g/mol. The van der Waals surface area contributed by atoms with Crippen LogP contribution in [-0.4, -0.2) is 67.1 Å². The summed E-state index contributed by atoms with van der Waals surface area (Å²) in [5.74, 6) is 0.844. The van der Waals surface area contributed by atoms with Gasteiger partial charge >= 0.3 is 0 Å². The summed E-state index contributed by atoms with van der Waals surface area (Å²) in [6.45, 7) is 4.35. The molecule has 0 aromatic carbocycles. The Morgan fingerprint density at radius 3 is 3.00 bits per heavy atom. The van der Waals surface area contributed by atoms with E-state index >= 15 is 0 Å². The summed E-state index contributed by atoms with van der Waals surface area (Å²) in [6.07, 6.45) is 3.73. The van der Waals surface area contributed by atoms with E-state index in [1.807, 2.05) is 36.9 Å². The predicted molar refractivity (Wildman–Crippen MR) is 94.5 cm³/mol. The molecule has 1 amide bonds. The Balaban J connectivity index is 1.56. The predicted octanol–water partition coefficient (Wildman–Crippen LogP) is 1.40. The first-order chi connectivity index (χ1) is 12.0. The van der Waals surface area contributed by atoms with E-state index in [4.69, 9.17) is 9.47 Å². The highest BCUT2D eigenvalue weighted by molar-refractivity contribution is 5.80. The molecule has 1 aromatic heterocycles. The first kappa shape index (κ1) is 18.1. The molecule has 2 aliphatic heterocycles. The number of carbonyl (C=O) groups is 1.